The van der Waals surface area contributed by atoms with Gasteiger partial charge in [0.15, 0.2) is 0 Å². The number of ether oxygens (including phenoxy) is 1. The van der Waals surface area contributed by atoms with Crippen molar-refractivity contribution in [2.24, 2.45) is 11.7 Å². The van der Waals surface area contributed by atoms with Crippen molar-refractivity contribution in [2.75, 3.05) is 13.1 Å². The fraction of sp³-hybridized carbons (Fsp3) is 0.600. The zero-order valence-corrected chi connectivity index (χ0v) is 14.8. The molecule has 0 radical (unpaired) electrons. The number of carbonyl (C=O) groups is 2. The van der Waals surface area contributed by atoms with E-state index in [1.165, 1.54) is 12.8 Å². The summed E-state index contributed by atoms with van der Waals surface area (Å²) in [7, 11) is 0. The van der Waals surface area contributed by atoms with Gasteiger partial charge >= 0.3 is 0 Å². The number of hydrogen-bond acceptors (Lipinski definition) is 3. The van der Waals surface area contributed by atoms with Crippen LogP contribution in [0, 0.1) is 5.92 Å². The first-order valence-electron chi connectivity index (χ1n) is 9.46. The summed E-state index contributed by atoms with van der Waals surface area (Å²) in [5.41, 5.74) is 5.91. The molecule has 1 heterocycles. The van der Waals surface area contributed by atoms with Crippen LogP contribution in [0.5, 0.6) is 5.75 Å². The molecule has 1 aromatic rings. The van der Waals surface area contributed by atoms with Crippen LogP contribution >= 0.6 is 0 Å². The Balaban J connectivity index is 1.66. The van der Waals surface area contributed by atoms with E-state index >= 15 is 0 Å². The van der Waals surface area contributed by atoms with E-state index in [-0.39, 0.29) is 17.9 Å². The molecule has 1 atom stereocenters. The number of primary amides is 1. The first kappa shape index (κ1) is 17.8. The van der Waals surface area contributed by atoms with Gasteiger partial charge in [0, 0.05) is 19.5 Å². The predicted molar refractivity (Wildman–Crippen MR) is 96.4 cm³/mol. The van der Waals surface area contributed by atoms with Crippen molar-refractivity contribution in [3.8, 4) is 5.75 Å². The highest BCUT2D eigenvalue weighted by Gasteiger charge is 2.27. The molecular formula is C20H28N2O3. The van der Waals surface area contributed by atoms with Crippen LogP contribution in [0.1, 0.15) is 61.7 Å². The van der Waals surface area contributed by atoms with Gasteiger partial charge in [-0.05, 0) is 63.0 Å². The summed E-state index contributed by atoms with van der Waals surface area (Å²) >= 11 is 0. The summed E-state index contributed by atoms with van der Waals surface area (Å²) in [6.07, 6.45) is 7.97. The first-order chi connectivity index (χ1) is 12.1. The number of rotatable bonds is 6. The third-order valence-corrected chi connectivity index (χ3v) is 5.32. The van der Waals surface area contributed by atoms with Crippen LogP contribution in [0.25, 0.3) is 0 Å². The van der Waals surface area contributed by atoms with Gasteiger partial charge in [0.1, 0.15) is 5.75 Å². The largest absolute Gasteiger partial charge is 0.490 e. The third kappa shape index (κ3) is 4.74. The van der Waals surface area contributed by atoms with E-state index in [1.54, 1.807) is 0 Å². The minimum absolute atomic E-state index is 0.0392. The summed E-state index contributed by atoms with van der Waals surface area (Å²) in [5.74, 6) is 0.836. The SMILES string of the molecule is NC(=O)CCC1CCCN(C(=O)c2ccccc2OC2CCCC2)C1. The molecule has 5 nitrogen and oxygen atoms in total. The molecule has 1 aliphatic carbocycles. The Morgan fingerprint density at radius 1 is 1.12 bits per heavy atom. The van der Waals surface area contributed by atoms with Crippen molar-refractivity contribution in [3.63, 3.8) is 0 Å². The maximum absolute atomic E-state index is 13.0. The zero-order chi connectivity index (χ0) is 17.6. The molecule has 2 aliphatic rings. The van der Waals surface area contributed by atoms with Gasteiger partial charge in [0.2, 0.25) is 5.91 Å². The molecule has 3 rings (SSSR count). The number of hydrogen-bond donors (Lipinski definition) is 1. The van der Waals surface area contributed by atoms with E-state index in [2.05, 4.69) is 0 Å². The van der Waals surface area contributed by atoms with E-state index in [9.17, 15) is 9.59 Å². The van der Waals surface area contributed by atoms with Gasteiger partial charge in [-0.15, -0.1) is 0 Å². The molecule has 0 spiro atoms. The van der Waals surface area contributed by atoms with Gasteiger partial charge in [-0.2, -0.15) is 0 Å². The Morgan fingerprint density at radius 3 is 2.64 bits per heavy atom. The van der Waals surface area contributed by atoms with E-state index in [0.29, 0.717) is 30.2 Å². The minimum atomic E-state index is -0.265. The van der Waals surface area contributed by atoms with Gasteiger partial charge in [0.25, 0.3) is 5.91 Å². The Morgan fingerprint density at radius 2 is 1.88 bits per heavy atom. The lowest BCUT2D eigenvalue weighted by molar-refractivity contribution is -0.118. The van der Waals surface area contributed by atoms with Gasteiger partial charge < -0.3 is 15.4 Å². The van der Waals surface area contributed by atoms with Crippen molar-refractivity contribution in [3.05, 3.63) is 29.8 Å². The Labute approximate surface area is 149 Å². The second-order valence-corrected chi connectivity index (χ2v) is 7.28. The maximum Gasteiger partial charge on any atom is 0.257 e. The van der Waals surface area contributed by atoms with E-state index in [4.69, 9.17) is 10.5 Å². The second kappa shape index (κ2) is 8.37. The Bertz CT molecular complexity index is 611. The molecule has 0 aromatic heterocycles. The van der Waals surface area contributed by atoms with E-state index in [0.717, 1.165) is 38.6 Å². The topological polar surface area (TPSA) is 72.6 Å². The number of para-hydroxylation sites is 1. The highest BCUT2D eigenvalue weighted by Crippen LogP contribution is 2.29. The minimum Gasteiger partial charge on any atom is -0.490 e. The third-order valence-electron chi connectivity index (χ3n) is 5.32. The number of piperidine rings is 1. The zero-order valence-electron chi connectivity index (χ0n) is 14.8. The Hall–Kier alpha value is -2.04. The molecule has 1 saturated carbocycles. The second-order valence-electron chi connectivity index (χ2n) is 7.28. The van der Waals surface area contributed by atoms with Crippen LogP contribution in [0.4, 0.5) is 0 Å². The van der Waals surface area contributed by atoms with Crippen molar-refractivity contribution >= 4 is 11.8 Å². The predicted octanol–water partition coefficient (Wildman–Crippen LogP) is 3.13. The maximum atomic E-state index is 13.0. The van der Waals surface area contributed by atoms with Crippen molar-refractivity contribution in [1.82, 2.24) is 4.90 Å². The summed E-state index contributed by atoms with van der Waals surface area (Å²) < 4.78 is 6.12. The molecule has 2 amide bonds. The van der Waals surface area contributed by atoms with Gasteiger partial charge in [-0.1, -0.05) is 12.1 Å². The van der Waals surface area contributed by atoms with Crippen LogP contribution < -0.4 is 10.5 Å². The number of carbonyl (C=O) groups excluding carboxylic acids is 2. The summed E-state index contributed by atoms with van der Waals surface area (Å²) in [6, 6.07) is 7.58. The smallest absolute Gasteiger partial charge is 0.257 e. The monoisotopic (exact) mass is 344 g/mol. The quantitative estimate of drug-likeness (QED) is 0.862. The lowest BCUT2D eigenvalue weighted by atomic mass is 9.93. The van der Waals surface area contributed by atoms with Crippen molar-refractivity contribution in [1.29, 1.82) is 0 Å². The van der Waals surface area contributed by atoms with Crippen LogP contribution in [0.15, 0.2) is 24.3 Å². The molecule has 5 heteroatoms. The molecule has 1 aliphatic heterocycles. The van der Waals surface area contributed by atoms with Gasteiger partial charge in [-0.25, -0.2) is 0 Å². The highest BCUT2D eigenvalue weighted by molar-refractivity contribution is 5.97. The molecule has 136 valence electrons. The van der Waals surface area contributed by atoms with Crippen LogP contribution in [0.3, 0.4) is 0 Å². The lowest BCUT2D eigenvalue weighted by Gasteiger charge is -2.33. The average Bonchev–Trinajstić information content (AvgIpc) is 3.13. The summed E-state index contributed by atoms with van der Waals surface area (Å²) in [5, 5.41) is 0. The van der Waals surface area contributed by atoms with Crippen LogP contribution in [-0.4, -0.2) is 35.9 Å². The molecular weight excluding hydrogens is 316 g/mol. The average molecular weight is 344 g/mol. The fourth-order valence-electron chi connectivity index (χ4n) is 3.93. The molecule has 2 N–H and O–H groups in total. The summed E-state index contributed by atoms with van der Waals surface area (Å²) in [4.78, 5) is 26.0. The van der Waals surface area contributed by atoms with Gasteiger partial charge in [0.05, 0.1) is 11.7 Å². The molecule has 2 fully saturated rings. The number of amides is 2. The number of likely N-dealkylation sites (tertiary alicyclic amines) is 1. The lowest BCUT2D eigenvalue weighted by Crippen LogP contribution is -2.40. The van der Waals surface area contributed by atoms with Crippen molar-refractivity contribution in [2.45, 2.75) is 57.5 Å². The van der Waals surface area contributed by atoms with Crippen LogP contribution in [0.2, 0.25) is 0 Å². The molecule has 0 bridgehead atoms. The van der Waals surface area contributed by atoms with Gasteiger partial charge in [-0.3, -0.25) is 9.59 Å². The highest BCUT2D eigenvalue weighted by atomic mass is 16.5. The Kier molecular flexibility index (Phi) is 5.95. The molecule has 1 aromatic carbocycles. The normalized spacial score (nSPS) is 21.3. The van der Waals surface area contributed by atoms with Crippen molar-refractivity contribution < 1.29 is 14.3 Å². The molecule has 1 saturated heterocycles. The number of nitrogens with two attached hydrogens (primary N) is 1. The number of nitrogens with zero attached hydrogens (tertiary/aromatic N) is 1. The van der Waals surface area contributed by atoms with E-state index < -0.39 is 0 Å². The standard InChI is InChI=1S/C20H28N2O3/c21-19(23)12-11-15-6-5-13-22(14-15)20(24)17-9-3-4-10-18(17)25-16-7-1-2-8-16/h3-4,9-10,15-16H,1-2,5-8,11-14H2,(H2,21,23). The molecule has 1 unspecified atom stereocenters. The summed E-state index contributed by atoms with van der Waals surface area (Å²) in [6.45, 7) is 1.47. The fourth-order valence-corrected chi connectivity index (χ4v) is 3.93. The molecule has 25 heavy (non-hydrogen) atoms. The van der Waals surface area contributed by atoms with Crippen LogP contribution in [-0.2, 0) is 4.79 Å². The van der Waals surface area contributed by atoms with E-state index in [1.807, 2.05) is 29.2 Å². The number of benzene rings is 1. The first-order valence-corrected chi connectivity index (χ1v) is 9.46.